The van der Waals surface area contributed by atoms with Crippen molar-refractivity contribution < 1.29 is 4.89 Å². The fourth-order valence-electron chi connectivity index (χ4n) is 0.481. The molecule has 0 radical (unpaired) electrons. The number of hydrogen-bond acceptors (Lipinski definition) is 5. The van der Waals surface area contributed by atoms with Crippen molar-refractivity contribution in [2.45, 2.75) is 0 Å². The van der Waals surface area contributed by atoms with Crippen LogP contribution in [-0.2, 0) is 0 Å². The van der Waals surface area contributed by atoms with Crippen molar-refractivity contribution in [2.24, 2.45) is 0 Å². The zero-order valence-corrected chi connectivity index (χ0v) is 9.65. The minimum absolute atomic E-state index is 0.822. The van der Waals surface area contributed by atoms with Crippen LogP contribution in [0.5, 0.6) is 0 Å². The van der Waals surface area contributed by atoms with Crippen LogP contribution in [0.4, 0.5) is 0 Å². The smallest absolute Gasteiger partial charge is 0.263 e. The lowest BCUT2D eigenvalue weighted by molar-refractivity contribution is 0.605. The third kappa shape index (κ3) is 7.37. The molecule has 1 unspecified atom stereocenters. The van der Waals surface area contributed by atoms with Gasteiger partial charge in [-0.15, -0.1) is 0 Å². The molecule has 0 aliphatic rings. The first-order valence-electron chi connectivity index (χ1n) is 3.28. The zero-order valence-electron chi connectivity index (χ0n) is 7.13. The summed E-state index contributed by atoms with van der Waals surface area (Å²) in [5.41, 5.74) is 0. The van der Waals surface area contributed by atoms with E-state index >= 15 is 0 Å². The van der Waals surface area contributed by atoms with Crippen LogP contribution in [0.3, 0.4) is 0 Å². The summed E-state index contributed by atoms with van der Waals surface area (Å²) in [5, 5.41) is 3.10. The zero-order chi connectivity index (χ0) is 8.74. The Kier molecular flexibility index (Phi) is 7.12. The first kappa shape index (κ1) is 12.0. The van der Waals surface area contributed by atoms with Crippen molar-refractivity contribution in [3.05, 3.63) is 0 Å². The molecule has 3 nitrogen and oxygen atoms in total. The minimum Gasteiger partial charge on any atom is -0.263 e. The summed E-state index contributed by atoms with van der Waals surface area (Å²) in [5.74, 6) is 0. The molecule has 0 saturated carbocycles. The molecular formula is C5H16N2OPS2+. The summed E-state index contributed by atoms with van der Waals surface area (Å²) in [6, 6.07) is 0. The predicted octanol–water partition coefficient (Wildman–Crippen LogP) is 1.19. The van der Waals surface area contributed by atoms with Gasteiger partial charge in [0, 0.05) is 19.3 Å². The Hall–Kier alpha value is 1.01. The Balaban J connectivity index is 3.23. The van der Waals surface area contributed by atoms with Crippen LogP contribution in [0.15, 0.2) is 0 Å². The van der Waals surface area contributed by atoms with Crippen molar-refractivity contribution in [3.63, 3.8) is 0 Å². The van der Waals surface area contributed by atoms with Gasteiger partial charge in [0.25, 0.3) is 6.84 Å². The van der Waals surface area contributed by atoms with Gasteiger partial charge in [-0.05, 0) is 6.26 Å². The van der Waals surface area contributed by atoms with Crippen LogP contribution in [0.1, 0.15) is 0 Å². The third-order valence-electron chi connectivity index (χ3n) is 1.13. The van der Waals surface area contributed by atoms with Crippen LogP contribution in [0.25, 0.3) is 0 Å². The van der Waals surface area contributed by atoms with E-state index in [4.69, 9.17) is 0 Å². The highest BCUT2D eigenvalue weighted by molar-refractivity contribution is 8.59. The Morgan fingerprint density at radius 1 is 1.36 bits per heavy atom. The summed E-state index contributed by atoms with van der Waals surface area (Å²) in [6.45, 7) is 1.72. The lowest BCUT2D eigenvalue weighted by atomic mass is 10.7. The molecule has 0 saturated heterocycles. The molecule has 0 heterocycles. The maximum atomic E-state index is 9.55. The molecule has 0 spiro atoms. The molecule has 0 fully saturated rings. The minimum atomic E-state index is -1.85. The van der Waals surface area contributed by atoms with E-state index in [2.05, 4.69) is 9.81 Å². The van der Waals surface area contributed by atoms with Crippen LogP contribution in [0.2, 0.25) is 0 Å². The van der Waals surface area contributed by atoms with E-state index in [1.165, 1.54) is 11.4 Å². The van der Waals surface area contributed by atoms with Crippen molar-refractivity contribution >= 4 is 30.2 Å². The van der Waals surface area contributed by atoms with Crippen molar-refractivity contribution in [3.8, 4) is 0 Å². The Morgan fingerprint density at radius 3 is 2.45 bits per heavy atom. The maximum Gasteiger partial charge on any atom is 0.265 e. The number of nitrogens with one attached hydrogen (secondary N) is 2. The van der Waals surface area contributed by atoms with Gasteiger partial charge in [0.05, 0.1) is 11.4 Å². The Morgan fingerprint density at radius 2 is 2.00 bits per heavy atom. The van der Waals surface area contributed by atoms with Gasteiger partial charge in [0.2, 0.25) is 0 Å². The van der Waals surface area contributed by atoms with Crippen LogP contribution in [-0.4, -0.2) is 37.2 Å². The highest BCUT2D eigenvalue weighted by Crippen LogP contribution is 2.57. The molecule has 0 aromatic rings. The first-order chi connectivity index (χ1) is 5.12. The van der Waals surface area contributed by atoms with E-state index in [0.29, 0.717) is 0 Å². The van der Waals surface area contributed by atoms with Gasteiger partial charge in [0.1, 0.15) is 6.66 Å². The van der Waals surface area contributed by atoms with Crippen molar-refractivity contribution in [1.82, 2.24) is 9.81 Å². The average Bonchev–Trinajstić information content (AvgIpc) is 1.99. The van der Waals surface area contributed by atoms with Gasteiger partial charge in [-0.2, -0.15) is 5.09 Å². The topological polar surface area (TPSA) is 44.3 Å². The fraction of sp³-hybridized carbons (Fsp3) is 1.00. The molecule has 3 N–H and O–H groups in total. The summed E-state index contributed by atoms with van der Waals surface area (Å²) in [7, 11) is 0. The van der Waals surface area contributed by atoms with Gasteiger partial charge >= 0.3 is 0 Å². The molecule has 0 bridgehead atoms. The Bertz CT molecular complexity index is 104. The molecule has 0 aliphatic carbocycles. The molecule has 11 heavy (non-hydrogen) atoms. The van der Waals surface area contributed by atoms with E-state index in [9.17, 15) is 4.89 Å². The van der Waals surface area contributed by atoms with E-state index < -0.39 is 6.84 Å². The van der Waals surface area contributed by atoms with Gasteiger partial charge in [-0.1, -0.05) is 11.9 Å². The van der Waals surface area contributed by atoms with Gasteiger partial charge in [-0.25, -0.2) is 4.89 Å². The fourth-order valence-corrected chi connectivity index (χ4v) is 2.10. The molecular weight excluding hydrogens is 199 g/mol. The van der Waals surface area contributed by atoms with E-state index in [0.717, 1.165) is 13.1 Å². The molecule has 1 atom stereocenters. The number of hydrogen-bond donors (Lipinski definition) is 3. The van der Waals surface area contributed by atoms with Crippen LogP contribution in [0, 0.1) is 0 Å². The van der Waals surface area contributed by atoms with E-state index in [1.807, 2.05) is 19.2 Å². The molecule has 0 aromatic heterocycles. The van der Waals surface area contributed by atoms with Gasteiger partial charge in [0.15, 0.2) is 0 Å². The van der Waals surface area contributed by atoms with Gasteiger partial charge < -0.3 is 0 Å². The molecule has 6 heteroatoms. The third-order valence-corrected chi connectivity index (χ3v) is 5.67. The second-order valence-corrected chi connectivity index (χ2v) is 8.43. The monoisotopic (exact) mass is 215 g/mol. The first-order valence-corrected chi connectivity index (χ1v) is 8.52. The predicted molar refractivity (Wildman–Crippen MR) is 58.1 cm³/mol. The highest BCUT2D eigenvalue weighted by Gasteiger charge is 2.26. The molecule has 0 amide bonds. The summed E-state index contributed by atoms with van der Waals surface area (Å²) in [4.78, 5) is 9.55. The van der Waals surface area contributed by atoms with Crippen LogP contribution < -0.4 is 9.81 Å². The normalized spacial score (nSPS) is 16.4. The highest BCUT2D eigenvalue weighted by atomic mass is 32.7. The number of rotatable bonds is 6. The largest absolute Gasteiger partial charge is 0.265 e. The van der Waals surface area contributed by atoms with Crippen molar-refractivity contribution in [2.75, 3.05) is 32.3 Å². The SMILES string of the molecule is CSNCCN[P+](C)(O)SC. The molecule has 68 valence electrons. The van der Waals surface area contributed by atoms with E-state index in [1.54, 1.807) is 11.9 Å². The standard InChI is InChI=1S/C5H16N2OPS2/c1-9(8,11-3)6-4-5-7-10-2/h6-8H,4-5H2,1-3H3/q+1. The quantitative estimate of drug-likeness (QED) is 0.353. The summed E-state index contributed by atoms with van der Waals surface area (Å²) in [6.07, 6.45) is 3.91. The summed E-state index contributed by atoms with van der Waals surface area (Å²) >= 11 is 3.10. The lowest BCUT2D eigenvalue weighted by Crippen LogP contribution is -2.22. The van der Waals surface area contributed by atoms with Gasteiger partial charge in [-0.3, -0.25) is 4.72 Å². The van der Waals surface area contributed by atoms with E-state index in [-0.39, 0.29) is 0 Å². The molecule has 0 aliphatic heterocycles. The summed E-state index contributed by atoms with van der Waals surface area (Å²) < 4.78 is 3.10. The molecule has 0 rings (SSSR count). The maximum absolute atomic E-state index is 9.55. The second kappa shape index (κ2) is 6.52. The second-order valence-electron chi connectivity index (χ2n) is 2.07. The molecule has 0 aromatic carbocycles. The van der Waals surface area contributed by atoms with Crippen LogP contribution >= 0.6 is 30.2 Å². The lowest BCUT2D eigenvalue weighted by Gasteiger charge is -2.11. The van der Waals surface area contributed by atoms with Crippen molar-refractivity contribution in [1.29, 1.82) is 0 Å². The average molecular weight is 215 g/mol. The Labute approximate surface area is 77.5 Å².